The lowest BCUT2D eigenvalue weighted by molar-refractivity contribution is 0.112. The van der Waals surface area contributed by atoms with Crippen LogP contribution in [0.15, 0.2) is 36.4 Å². The molecule has 0 N–H and O–H groups in total. The average Bonchev–Trinajstić information content (AvgIpc) is 2.43. The molecule has 0 spiro atoms. The van der Waals surface area contributed by atoms with Gasteiger partial charge < -0.3 is 4.74 Å². The molecule has 0 bridgehead atoms. The molecule has 0 saturated carbocycles. The number of aryl methyl sites for hydroxylation is 1. The minimum atomic E-state index is -0.619. The fourth-order valence-electron chi connectivity index (χ4n) is 1.57. The molecular weight excluding hydrogens is 245 g/mol. The summed E-state index contributed by atoms with van der Waals surface area (Å²) < 4.78 is 19.1. The number of rotatable bonds is 3. The molecule has 0 aliphatic carbocycles. The molecule has 0 heterocycles. The summed E-state index contributed by atoms with van der Waals surface area (Å²) in [5, 5.41) is 8.82. The van der Waals surface area contributed by atoms with Crippen molar-refractivity contribution in [1.29, 1.82) is 5.26 Å². The minimum Gasteiger partial charge on any atom is -0.454 e. The predicted molar refractivity (Wildman–Crippen MR) is 67.8 cm³/mol. The van der Waals surface area contributed by atoms with Gasteiger partial charge in [-0.1, -0.05) is 6.07 Å². The van der Waals surface area contributed by atoms with Gasteiger partial charge in [0.15, 0.2) is 11.6 Å². The number of carbonyl (C=O) groups is 1. The largest absolute Gasteiger partial charge is 0.454 e. The highest BCUT2D eigenvalue weighted by Crippen LogP contribution is 2.28. The number of halogens is 1. The maximum atomic E-state index is 13.7. The Morgan fingerprint density at radius 2 is 2.00 bits per heavy atom. The maximum Gasteiger partial charge on any atom is 0.166 e. The normalized spacial score (nSPS) is 9.74. The van der Waals surface area contributed by atoms with Crippen LogP contribution in [0.5, 0.6) is 11.5 Å². The van der Waals surface area contributed by atoms with Gasteiger partial charge in [-0.15, -0.1) is 0 Å². The molecule has 4 heteroatoms. The first kappa shape index (κ1) is 12.8. The molecule has 19 heavy (non-hydrogen) atoms. The van der Waals surface area contributed by atoms with Gasteiger partial charge in [-0.05, 0) is 42.8 Å². The van der Waals surface area contributed by atoms with Gasteiger partial charge in [-0.2, -0.15) is 5.26 Å². The van der Waals surface area contributed by atoms with Gasteiger partial charge in [0.2, 0.25) is 0 Å². The van der Waals surface area contributed by atoms with Crippen LogP contribution >= 0.6 is 0 Å². The number of benzene rings is 2. The second-order valence-corrected chi connectivity index (χ2v) is 4.00. The topological polar surface area (TPSA) is 50.1 Å². The van der Waals surface area contributed by atoms with Crippen LogP contribution < -0.4 is 4.74 Å². The average molecular weight is 255 g/mol. The summed E-state index contributed by atoms with van der Waals surface area (Å²) >= 11 is 0. The summed E-state index contributed by atoms with van der Waals surface area (Å²) in [6.45, 7) is 1.80. The zero-order chi connectivity index (χ0) is 13.8. The van der Waals surface area contributed by atoms with Crippen molar-refractivity contribution >= 4 is 6.29 Å². The summed E-state index contributed by atoms with van der Waals surface area (Å²) in [4.78, 5) is 10.5. The zero-order valence-electron chi connectivity index (χ0n) is 10.2. The maximum absolute atomic E-state index is 13.7. The molecule has 0 saturated heterocycles. The number of hydrogen-bond donors (Lipinski definition) is 0. The van der Waals surface area contributed by atoms with Crippen LogP contribution in [0, 0.1) is 24.1 Å². The van der Waals surface area contributed by atoms with Gasteiger partial charge in [0.05, 0.1) is 11.6 Å². The lowest BCUT2D eigenvalue weighted by atomic mass is 10.1. The van der Waals surface area contributed by atoms with Crippen LogP contribution in [0.25, 0.3) is 0 Å². The molecule has 2 rings (SSSR count). The van der Waals surface area contributed by atoms with E-state index in [1.807, 2.05) is 6.07 Å². The van der Waals surface area contributed by atoms with E-state index in [1.54, 1.807) is 25.1 Å². The Morgan fingerprint density at radius 1 is 1.21 bits per heavy atom. The molecular formula is C15H10FNO2. The van der Waals surface area contributed by atoms with E-state index >= 15 is 0 Å². The van der Waals surface area contributed by atoms with Crippen LogP contribution in [0.3, 0.4) is 0 Å². The summed E-state index contributed by atoms with van der Waals surface area (Å²) in [5.74, 6) is -0.188. The molecule has 0 radical (unpaired) electrons. The van der Waals surface area contributed by atoms with Gasteiger partial charge in [0.1, 0.15) is 12.0 Å². The van der Waals surface area contributed by atoms with Crippen molar-refractivity contribution < 1.29 is 13.9 Å². The third-order valence-corrected chi connectivity index (χ3v) is 2.63. The monoisotopic (exact) mass is 255 g/mol. The fraction of sp³-hybridized carbons (Fsp3) is 0.0667. The van der Waals surface area contributed by atoms with E-state index < -0.39 is 5.82 Å². The number of ether oxygens (including phenoxy) is 1. The molecule has 0 fully saturated rings. The minimum absolute atomic E-state index is 0.0174. The summed E-state index contributed by atoms with van der Waals surface area (Å²) in [7, 11) is 0. The molecule has 0 aliphatic heterocycles. The number of aldehydes is 1. The van der Waals surface area contributed by atoms with Crippen LogP contribution in [-0.4, -0.2) is 6.29 Å². The van der Waals surface area contributed by atoms with Crippen LogP contribution in [0.1, 0.15) is 21.5 Å². The summed E-state index contributed by atoms with van der Waals surface area (Å²) in [6.07, 6.45) is 0.564. The van der Waals surface area contributed by atoms with Crippen molar-refractivity contribution in [3.63, 3.8) is 0 Å². The highest BCUT2D eigenvalue weighted by atomic mass is 19.1. The molecule has 0 atom stereocenters. The van der Waals surface area contributed by atoms with Crippen LogP contribution in [0.4, 0.5) is 4.39 Å². The number of nitrogens with zero attached hydrogens (tertiary/aromatic N) is 1. The molecule has 0 unspecified atom stereocenters. The van der Waals surface area contributed by atoms with Crippen molar-refractivity contribution in [2.45, 2.75) is 6.92 Å². The second-order valence-electron chi connectivity index (χ2n) is 4.00. The quantitative estimate of drug-likeness (QED) is 0.787. The van der Waals surface area contributed by atoms with Crippen molar-refractivity contribution in [2.75, 3.05) is 0 Å². The number of nitriles is 1. The van der Waals surface area contributed by atoms with E-state index in [9.17, 15) is 9.18 Å². The third kappa shape index (κ3) is 2.78. The first-order valence-corrected chi connectivity index (χ1v) is 5.57. The summed E-state index contributed by atoms with van der Waals surface area (Å²) in [6, 6.07) is 10.9. The van der Waals surface area contributed by atoms with E-state index in [4.69, 9.17) is 10.00 Å². The van der Waals surface area contributed by atoms with Crippen molar-refractivity contribution in [2.24, 2.45) is 0 Å². The van der Waals surface area contributed by atoms with Crippen molar-refractivity contribution in [1.82, 2.24) is 0 Å². The zero-order valence-corrected chi connectivity index (χ0v) is 10.2. The van der Waals surface area contributed by atoms with Crippen LogP contribution in [-0.2, 0) is 0 Å². The molecule has 0 amide bonds. The Balaban J connectivity index is 2.36. The number of hydrogen-bond acceptors (Lipinski definition) is 3. The van der Waals surface area contributed by atoms with Gasteiger partial charge in [-0.3, -0.25) is 4.79 Å². The lowest BCUT2D eigenvalue weighted by Gasteiger charge is -2.09. The Bertz CT molecular complexity index is 674. The predicted octanol–water partition coefficient (Wildman–Crippen LogP) is 3.61. The van der Waals surface area contributed by atoms with E-state index in [2.05, 4.69) is 0 Å². The van der Waals surface area contributed by atoms with Crippen molar-refractivity contribution in [3.05, 3.63) is 58.9 Å². The van der Waals surface area contributed by atoms with Gasteiger partial charge in [-0.25, -0.2) is 4.39 Å². The Hall–Kier alpha value is -2.67. The fourth-order valence-corrected chi connectivity index (χ4v) is 1.57. The second kappa shape index (κ2) is 5.32. The SMILES string of the molecule is Cc1ccc(C#N)cc1Oc1ccc(C=O)cc1F. The van der Waals surface area contributed by atoms with Gasteiger partial charge in [0, 0.05) is 5.56 Å². The first-order chi connectivity index (χ1) is 9.13. The first-order valence-electron chi connectivity index (χ1n) is 5.57. The van der Waals surface area contributed by atoms with Gasteiger partial charge in [0.25, 0.3) is 0 Å². The van der Waals surface area contributed by atoms with E-state index in [-0.39, 0.29) is 11.3 Å². The summed E-state index contributed by atoms with van der Waals surface area (Å²) in [5.41, 5.74) is 1.47. The van der Waals surface area contributed by atoms with E-state index in [1.165, 1.54) is 12.1 Å². The molecule has 94 valence electrons. The lowest BCUT2D eigenvalue weighted by Crippen LogP contribution is -1.93. The molecule has 0 aliphatic rings. The van der Waals surface area contributed by atoms with Gasteiger partial charge >= 0.3 is 0 Å². The Labute approximate surface area is 109 Å². The Morgan fingerprint density at radius 3 is 2.63 bits per heavy atom. The van der Waals surface area contributed by atoms with Crippen LogP contribution in [0.2, 0.25) is 0 Å². The van der Waals surface area contributed by atoms with E-state index in [0.29, 0.717) is 17.6 Å². The molecule has 3 nitrogen and oxygen atoms in total. The standard InChI is InChI=1S/C15H10FNO2/c1-10-2-3-11(8-17)7-15(10)19-14-5-4-12(9-18)6-13(14)16/h2-7,9H,1H3. The third-order valence-electron chi connectivity index (χ3n) is 2.63. The van der Waals surface area contributed by atoms with E-state index in [0.717, 1.165) is 11.6 Å². The molecule has 2 aromatic carbocycles. The van der Waals surface area contributed by atoms with Crippen molar-refractivity contribution in [3.8, 4) is 17.6 Å². The molecule has 2 aromatic rings. The number of carbonyl (C=O) groups excluding carboxylic acids is 1. The highest BCUT2D eigenvalue weighted by molar-refractivity contribution is 5.75. The highest BCUT2D eigenvalue weighted by Gasteiger charge is 2.08. The molecule has 0 aromatic heterocycles. The Kier molecular flexibility index (Phi) is 3.58. The smallest absolute Gasteiger partial charge is 0.166 e.